The van der Waals surface area contributed by atoms with Crippen molar-refractivity contribution in [1.82, 2.24) is 5.32 Å². The molecule has 0 aliphatic heterocycles. The van der Waals surface area contributed by atoms with Gasteiger partial charge >= 0.3 is 5.97 Å². The number of Topliss-reactive ketones (excluding diaryl/α,β-unsaturated/α-hetero) is 2. The number of hydrogen-bond donors (Lipinski definition) is 2. The Morgan fingerprint density at radius 3 is 1.83 bits per heavy atom. The SMILES string of the molecule is CCC(C)(C)NC(CC(C(=O)O)C(=O)c1ccccc1Cl)C(=O)c1ccccc1Cl. The van der Waals surface area contributed by atoms with E-state index >= 15 is 0 Å². The zero-order chi connectivity index (χ0) is 22.5. The summed E-state index contributed by atoms with van der Waals surface area (Å²) < 4.78 is 0. The van der Waals surface area contributed by atoms with Crippen LogP contribution in [0.5, 0.6) is 0 Å². The van der Waals surface area contributed by atoms with E-state index in [1.807, 2.05) is 20.8 Å². The maximum Gasteiger partial charge on any atom is 0.314 e. The molecule has 30 heavy (non-hydrogen) atoms. The number of aliphatic carboxylic acids is 1. The number of benzene rings is 2. The molecule has 7 heteroatoms. The van der Waals surface area contributed by atoms with E-state index in [-0.39, 0.29) is 33.4 Å². The summed E-state index contributed by atoms with van der Waals surface area (Å²) in [6, 6.07) is 11.9. The minimum Gasteiger partial charge on any atom is -0.481 e. The van der Waals surface area contributed by atoms with Crippen LogP contribution in [0, 0.1) is 5.92 Å². The van der Waals surface area contributed by atoms with Crippen LogP contribution in [0.4, 0.5) is 0 Å². The topological polar surface area (TPSA) is 83.5 Å². The van der Waals surface area contributed by atoms with Gasteiger partial charge in [-0.15, -0.1) is 0 Å². The van der Waals surface area contributed by atoms with Crippen molar-refractivity contribution in [2.45, 2.75) is 45.2 Å². The standard InChI is InChI=1S/C23H25Cl2NO4/c1-4-23(2,3)26-19(21(28)15-10-6-8-12-18(15)25)13-16(22(29)30)20(27)14-9-5-7-11-17(14)24/h5-12,16,19,26H,4,13H2,1-3H3,(H,29,30). The molecule has 0 spiro atoms. The third-order valence-electron chi connectivity index (χ3n) is 5.13. The number of carbonyl (C=O) groups excluding carboxylic acids is 2. The lowest BCUT2D eigenvalue weighted by molar-refractivity contribution is -0.140. The summed E-state index contributed by atoms with van der Waals surface area (Å²) >= 11 is 12.3. The van der Waals surface area contributed by atoms with Crippen molar-refractivity contribution >= 4 is 40.7 Å². The summed E-state index contributed by atoms with van der Waals surface area (Å²) in [5, 5.41) is 13.4. The van der Waals surface area contributed by atoms with Crippen molar-refractivity contribution in [3.8, 4) is 0 Å². The molecule has 0 saturated heterocycles. The molecule has 0 saturated carbocycles. The molecule has 2 atom stereocenters. The number of halogens is 2. The zero-order valence-corrected chi connectivity index (χ0v) is 18.6. The van der Waals surface area contributed by atoms with E-state index < -0.39 is 29.3 Å². The van der Waals surface area contributed by atoms with Gasteiger partial charge in [0.1, 0.15) is 5.92 Å². The molecule has 0 bridgehead atoms. The molecule has 5 nitrogen and oxygen atoms in total. The third-order valence-corrected chi connectivity index (χ3v) is 5.79. The van der Waals surface area contributed by atoms with Crippen molar-refractivity contribution in [2.75, 3.05) is 0 Å². The lowest BCUT2D eigenvalue weighted by Gasteiger charge is -2.31. The Hall–Kier alpha value is -2.21. The molecule has 2 N–H and O–H groups in total. The Kier molecular flexibility index (Phi) is 8.18. The van der Waals surface area contributed by atoms with Gasteiger partial charge in [0.25, 0.3) is 0 Å². The Balaban J connectivity index is 2.42. The second kappa shape index (κ2) is 10.2. The largest absolute Gasteiger partial charge is 0.481 e. The number of rotatable bonds is 10. The number of carbonyl (C=O) groups is 3. The van der Waals surface area contributed by atoms with Gasteiger partial charge < -0.3 is 10.4 Å². The molecule has 0 radical (unpaired) electrons. The smallest absolute Gasteiger partial charge is 0.314 e. The van der Waals surface area contributed by atoms with Gasteiger partial charge in [0.05, 0.1) is 16.1 Å². The van der Waals surface area contributed by atoms with E-state index in [1.165, 1.54) is 12.1 Å². The van der Waals surface area contributed by atoms with Gasteiger partial charge in [0.2, 0.25) is 0 Å². The summed E-state index contributed by atoms with van der Waals surface area (Å²) in [6.07, 6.45) is 0.461. The summed E-state index contributed by atoms with van der Waals surface area (Å²) in [4.78, 5) is 38.2. The predicted octanol–water partition coefficient (Wildman–Crippen LogP) is 5.30. The molecule has 2 unspecified atom stereocenters. The average Bonchev–Trinajstić information content (AvgIpc) is 2.70. The van der Waals surface area contributed by atoms with Crippen LogP contribution in [-0.4, -0.2) is 34.2 Å². The first-order chi connectivity index (χ1) is 14.1. The maximum absolute atomic E-state index is 13.3. The number of carboxylic acid groups (broad SMARTS) is 1. The summed E-state index contributed by atoms with van der Waals surface area (Å²) in [5.41, 5.74) is -0.0684. The summed E-state index contributed by atoms with van der Waals surface area (Å²) in [7, 11) is 0. The fourth-order valence-corrected chi connectivity index (χ4v) is 3.52. The fourth-order valence-electron chi connectivity index (χ4n) is 3.06. The first-order valence-electron chi connectivity index (χ1n) is 9.65. The minimum atomic E-state index is -1.44. The van der Waals surface area contributed by atoms with E-state index in [1.54, 1.807) is 36.4 Å². The lowest BCUT2D eigenvalue weighted by Crippen LogP contribution is -2.51. The van der Waals surface area contributed by atoms with Crippen LogP contribution < -0.4 is 5.32 Å². The second-order valence-corrected chi connectivity index (χ2v) is 8.56. The van der Waals surface area contributed by atoms with Gasteiger partial charge in [0.15, 0.2) is 11.6 Å². The average molecular weight is 450 g/mol. The van der Waals surface area contributed by atoms with Gasteiger partial charge in [-0.25, -0.2) is 0 Å². The molecule has 0 amide bonds. The number of ketones is 2. The van der Waals surface area contributed by atoms with E-state index in [9.17, 15) is 19.5 Å². The highest BCUT2D eigenvalue weighted by atomic mass is 35.5. The van der Waals surface area contributed by atoms with Crippen molar-refractivity contribution in [2.24, 2.45) is 5.92 Å². The van der Waals surface area contributed by atoms with Crippen molar-refractivity contribution < 1.29 is 19.5 Å². The number of hydrogen-bond acceptors (Lipinski definition) is 4. The van der Waals surface area contributed by atoms with Gasteiger partial charge in [0, 0.05) is 16.7 Å². The molecule has 0 heterocycles. The lowest BCUT2D eigenvalue weighted by atomic mass is 9.86. The van der Waals surface area contributed by atoms with Gasteiger partial charge in [-0.05, 0) is 51.0 Å². The molecule has 0 aromatic heterocycles. The summed E-state index contributed by atoms with van der Waals surface area (Å²) in [5.74, 6) is -3.75. The van der Waals surface area contributed by atoms with E-state index in [4.69, 9.17) is 23.2 Å². The normalized spacial score (nSPS) is 13.5. The molecule has 2 rings (SSSR count). The van der Waals surface area contributed by atoms with Gasteiger partial charge in [-0.1, -0.05) is 54.4 Å². The highest BCUT2D eigenvalue weighted by molar-refractivity contribution is 6.35. The molecule has 0 aliphatic carbocycles. The maximum atomic E-state index is 13.3. The molecule has 0 aliphatic rings. The molecule has 2 aromatic carbocycles. The molecule has 160 valence electrons. The second-order valence-electron chi connectivity index (χ2n) is 7.75. The molecule has 0 fully saturated rings. The molecular weight excluding hydrogens is 425 g/mol. The van der Waals surface area contributed by atoms with Crippen molar-refractivity contribution in [3.05, 3.63) is 69.7 Å². The quantitative estimate of drug-likeness (QED) is 0.379. The van der Waals surface area contributed by atoms with Crippen LogP contribution in [0.2, 0.25) is 10.0 Å². The summed E-state index contributed by atoms with van der Waals surface area (Å²) in [6.45, 7) is 5.77. The highest BCUT2D eigenvalue weighted by Crippen LogP contribution is 2.25. The predicted molar refractivity (Wildman–Crippen MR) is 119 cm³/mol. The zero-order valence-electron chi connectivity index (χ0n) is 17.1. The van der Waals surface area contributed by atoms with Gasteiger partial charge in [-0.3, -0.25) is 14.4 Å². The number of carboxylic acids is 1. The molecule has 2 aromatic rings. The Morgan fingerprint density at radius 1 is 0.933 bits per heavy atom. The van der Waals surface area contributed by atoms with E-state index in [0.717, 1.165) is 0 Å². The van der Waals surface area contributed by atoms with Crippen LogP contribution in [-0.2, 0) is 4.79 Å². The van der Waals surface area contributed by atoms with Crippen molar-refractivity contribution in [1.29, 1.82) is 0 Å². The third kappa shape index (κ3) is 5.91. The number of nitrogens with one attached hydrogen (secondary N) is 1. The van der Waals surface area contributed by atoms with E-state index in [0.29, 0.717) is 6.42 Å². The van der Waals surface area contributed by atoms with Gasteiger partial charge in [-0.2, -0.15) is 0 Å². The Morgan fingerprint density at radius 2 is 1.40 bits per heavy atom. The minimum absolute atomic E-state index is 0.116. The van der Waals surface area contributed by atoms with Crippen LogP contribution in [0.3, 0.4) is 0 Å². The van der Waals surface area contributed by atoms with Crippen LogP contribution in [0.1, 0.15) is 54.3 Å². The fraction of sp³-hybridized carbons (Fsp3) is 0.348. The van der Waals surface area contributed by atoms with Crippen LogP contribution in [0.25, 0.3) is 0 Å². The van der Waals surface area contributed by atoms with Crippen molar-refractivity contribution in [3.63, 3.8) is 0 Å². The molecular formula is C23H25Cl2NO4. The first-order valence-corrected chi connectivity index (χ1v) is 10.4. The van der Waals surface area contributed by atoms with Crippen LogP contribution >= 0.6 is 23.2 Å². The highest BCUT2D eigenvalue weighted by Gasteiger charge is 2.36. The van der Waals surface area contributed by atoms with E-state index in [2.05, 4.69) is 5.32 Å². The Labute approximate surface area is 186 Å². The Bertz CT molecular complexity index is 942. The first kappa shape index (κ1) is 24.1. The monoisotopic (exact) mass is 449 g/mol. The van der Waals surface area contributed by atoms with Crippen LogP contribution in [0.15, 0.2) is 48.5 Å².